The lowest BCUT2D eigenvalue weighted by Gasteiger charge is -2.32. The van der Waals surface area contributed by atoms with Gasteiger partial charge < -0.3 is 15.0 Å². The zero-order valence-corrected chi connectivity index (χ0v) is 22.1. The van der Waals surface area contributed by atoms with Gasteiger partial charge in [-0.15, -0.1) is 0 Å². The Balaban J connectivity index is 1.89. The van der Waals surface area contributed by atoms with Crippen molar-refractivity contribution in [2.45, 2.75) is 40.2 Å². The van der Waals surface area contributed by atoms with Gasteiger partial charge in [0.25, 0.3) is 5.56 Å². The molecule has 37 heavy (non-hydrogen) atoms. The molecule has 0 spiro atoms. The number of nitrogens with zero attached hydrogens (tertiary/aromatic N) is 3. The van der Waals surface area contributed by atoms with E-state index in [1.54, 1.807) is 22.6 Å². The molecule has 0 bridgehead atoms. The Morgan fingerprint density at radius 1 is 1.00 bits per heavy atom. The first-order valence-electron chi connectivity index (χ1n) is 12.6. The lowest BCUT2D eigenvalue weighted by Crippen LogP contribution is -2.42. The first-order valence-corrected chi connectivity index (χ1v) is 12.6. The number of para-hydroxylation sites is 2. The van der Waals surface area contributed by atoms with Gasteiger partial charge >= 0.3 is 6.03 Å². The topological polar surface area (TPSA) is 76.5 Å². The molecule has 1 atom stereocenters. The molecule has 1 aromatic heterocycles. The highest BCUT2D eigenvalue weighted by Crippen LogP contribution is 2.28. The van der Waals surface area contributed by atoms with Crippen molar-refractivity contribution in [3.63, 3.8) is 0 Å². The number of hydrogen-bond acceptors (Lipinski definition) is 4. The molecule has 1 N–H and O–H groups in total. The molecule has 0 radical (unpaired) electrons. The lowest BCUT2D eigenvalue weighted by molar-refractivity contribution is 0.131. The van der Waals surface area contributed by atoms with Crippen LogP contribution >= 0.6 is 0 Å². The number of urea groups is 1. The van der Waals surface area contributed by atoms with Crippen LogP contribution in [-0.4, -0.2) is 40.7 Å². The van der Waals surface area contributed by atoms with Crippen molar-refractivity contribution in [3.8, 4) is 5.69 Å². The van der Waals surface area contributed by atoms with Crippen molar-refractivity contribution in [2.24, 2.45) is 0 Å². The van der Waals surface area contributed by atoms with Gasteiger partial charge in [-0.05, 0) is 74.2 Å². The third-order valence-corrected chi connectivity index (χ3v) is 6.80. The predicted molar refractivity (Wildman–Crippen MR) is 149 cm³/mol. The number of ether oxygens (including phenoxy) is 1. The zero-order valence-electron chi connectivity index (χ0n) is 22.1. The maximum atomic E-state index is 13.9. The van der Waals surface area contributed by atoms with Crippen LogP contribution < -0.4 is 10.9 Å². The molecule has 0 fully saturated rings. The summed E-state index contributed by atoms with van der Waals surface area (Å²) in [7, 11) is 1.61. The maximum Gasteiger partial charge on any atom is 0.322 e. The van der Waals surface area contributed by atoms with Crippen molar-refractivity contribution in [1.29, 1.82) is 0 Å². The SMILES string of the molecule is CCC(c1nc2ccccc2c(=O)n1-c1ccc(C)c(C)c1)N(CCOC)C(=O)Nc1ccccc1C. The number of methoxy groups -OCH3 is 1. The Morgan fingerprint density at radius 3 is 2.43 bits per heavy atom. The monoisotopic (exact) mass is 498 g/mol. The minimum Gasteiger partial charge on any atom is -0.383 e. The number of rotatable bonds is 8. The number of benzene rings is 3. The molecule has 0 aliphatic carbocycles. The highest BCUT2D eigenvalue weighted by Gasteiger charge is 2.29. The van der Waals surface area contributed by atoms with Gasteiger partial charge in [0.2, 0.25) is 0 Å². The normalized spacial score (nSPS) is 11.9. The molecule has 4 rings (SSSR count). The molecule has 0 saturated carbocycles. The average molecular weight is 499 g/mol. The van der Waals surface area contributed by atoms with Crippen LogP contribution in [-0.2, 0) is 4.74 Å². The van der Waals surface area contributed by atoms with E-state index >= 15 is 0 Å². The Morgan fingerprint density at radius 2 is 1.73 bits per heavy atom. The summed E-state index contributed by atoms with van der Waals surface area (Å²) < 4.78 is 7.01. The van der Waals surface area contributed by atoms with Gasteiger partial charge in [0.05, 0.1) is 29.2 Å². The summed E-state index contributed by atoms with van der Waals surface area (Å²) >= 11 is 0. The second kappa shape index (κ2) is 11.4. The number of nitrogens with one attached hydrogen (secondary N) is 1. The van der Waals surface area contributed by atoms with Crippen molar-refractivity contribution >= 4 is 22.6 Å². The van der Waals surface area contributed by atoms with E-state index in [4.69, 9.17) is 9.72 Å². The number of fused-ring (bicyclic) bond motifs is 1. The molecule has 0 aliphatic heterocycles. The fraction of sp³-hybridized carbons (Fsp3) is 0.300. The second-order valence-electron chi connectivity index (χ2n) is 9.25. The minimum absolute atomic E-state index is 0.159. The molecule has 7 nitrogen and oxygen atoms in total. The number of carbonyl (C=O) groups is 1. The first-order chi connectivity index (χ1) is 17.8. The van der Waals surface area contributed by atoms with Gasteiger partial charge in [-0.2, -0.15) is 0 Å². The summed E-state index contributed by atoms with van der Waals surface area (Å²) in [6, 6.07) is 20.2. The van der Waals surface area contributed by atoms with E-state index in [0.29, 0.717) is 36.3 Å². The third-order valence-electron chi connectivity index (χ3n) is 6.80. The largest absolute Gasteiger partial charge is 0.383 e. The molecule has 1 unspecified atom stereocenters. The van der Waals surface area contributed by atoms with Crippen LogP contribution in [0.5, 0.6) is 0 Å². The van der Waals surface area contributed by atoms with Crippen molar-refractivity contribution in [1.82, 2.24) is 14.5 Å². The summed E-state index contributed by atoms with van der Waals surface area (Å²) in [5, 5.41) is 3.58. The molecular formula is C30H34N4O3. The van der Waals surface area contributed by atoms with Crippen molar-refractivity contribution in [2.75, 3.05) is 25.6 Å². The van der Waals surface area contributed by atoms with Crippen LogP contribution in [0, 0.1) is 20.8 Å². The maximum absolute atomic E-state index is 13.9. The van der Waals surface area contributed by atoms with Crippen LogP contribution in [0.1, 0.15) is 41.9 Å². The van der Waals surface area contributed by atoms with E-state index < -0.39 is 6.04 Å². The van der Waals surface area contributed by atoms with Crippen molar-refractivity contribution in [3.05, 3.63) is 99.6 Å². The van der Waals surface area contributed by atoms with Crippen LogP contribution in [0.3, 0.4) is 0 Å². The Hall–Kier alpha value is -3.97. The van der Waals surface area contributed by atoms with E-state index in [2.05, 4.69) is 5.32 Å². The van der Waals surface area contributed by atoms with E-state index in [-0.39, 0.29) is 11.6 Å². The average Bonchev–Trinajstić information content (AvgIpc) is 2.89. The third kappa shape index (κ3) is 5.42. The fourth-order valence-electron chi connectivity index (χ4n) is 4.52. The number of carbonyl (C=O) groups excluding carboxylic acids is 1. The molecule has 0 aliphatic rings. The second-order valence-corrected chi connectivity index (χ2v) is 9.25. The number of aryl methyl sites for hydroxylation is 3. The van der Waals surface area contributed by atoms with Gasteiger partial charge in [0.15, 0.2) is 0 Å². The first kappa shape index (κ1) is 26.1. The van der Waals surface area contributed by atoms with Crippen LogP contribution in [0.15, 0.2) is 71.5 Å². The molecule has 1 heterocycles. The summed E-state index contributed by atoms with van der Waals surface area (Å²) in [5.41, 5.74) is 5.09. The summed E-state index contributed by atoms with van der Waals surface area (Å²) in [6.45, 7) is 8.70. The molecule has 3 aromatic carbocycles. The standard InChI is InChI=1S/C30H34N4O3/c1-6-27(33(17-18-37-5)30(36)32-25-13-9-7-11-21(25)3)28-31-26-14-10-8-12-24(26)29(35)34(28)23-16-15-20(2)22(4)19-23/h7-16,19,27H,6,17-18H2,1-5H3,(H,32,36). The number of amides is 2. The Labute approximate surface area is 217 Å². The number of hydrogen-bond donors (Lipinski definition) is 1. The van der Waals surface area contributed by atoms with Crippen LogP contribution in [0.25, 0.3) is 16.6 Å². The predicted octanol–water partition coefficient (Wildman–Crippen LogP) is 5.94. The smallest absolute Gasteiger partial charge is 0.322 e. The summed E-state index contributed by atoms with van der Waals surface area (Å²) in [5.74, 6) is 0.519. The van der Waals surface area contributed by atoms with Crippen LogP contribution in [0.4, 0.5) is 10.5 Å². The quantitative estimate of drug-likeness (QED) is 0.326. The number of anilines is 1. The molecule has 192 valence electrons. The van der Waals surface area contributed by atoms with Gasteiger partial charge in [-0.3, -0.25) is 9.36 Å². The molecule has 4 aromatic rings. The van der Waals surface area contributed by atoms with E-state index in [1.807, 2.05) is 88.4 Å². The van der Waals surface area contributed by atoms with Gasteiger partial charge in [-0.1, -0.05) is 43.3 Å². The molecule has 0 saturated heterocycles. The Kier molecular flexibility index (Phi) is 8.04. The van der Waals surface area contributed by atoms with Gasteiger partial charge in [0.1, 0.15) is 5.82 Å². The summed E-state index contributed by atoms with van der Waals surface area (Å²) in [6.07, 6.45) is 0.556. The highest BCUT2D eigenvalue weighted by molar-refractivity contribution is 5.90. The Bertz CT molecular complexity index is 1480. The minimum atomic E-state index is -0.474. The van der Waals surface area contributed by atoms with E-state index in [0.717, 1.165) is 28.1 Å². The van der Waals surface area contributed by atoms with Gasteiger partial charge in [-0.25, -0.2) is 9.78 Å². The molecular weight excluding hydrogens is 464 g/mol. The molecule has 2 amide bonds. The molecule has 7 heteroatoms. The van der Waals surface area contributed by atoms with Gasteiger partial charge in [0, 0.05) is 19.3 Å². The zero-order chi connectivity index (χ0) is 26.5. The van der Waals surface area contributed by atoms with Crippen LogP contribution in [0.2, 0.25) is 0 Å². The lowest BCUT2D eigenvalue weighted by atomic mass is 10.1. The van der Waals surface area contributed by atoms with Crippen molar-refractivity contribution < 1.29 is 9.53 Å². The van der Waals surface area contributed by atoms with E-state index in [9.17, 15) is 9.59 Å². The fourth-order valence-corrected chi connectivity index (χ4v) is 4.52. The summed E-state index contributed by atoms with van der Waals surface area (Å²) in [4.78, 5) is 34.3. The highest BCUT2D eigenvalue weighted by atomic mass is 16.5. The number of aromatic nitrogens is 2. The van der Waals surface area contributed by atoms with E-state index in [1.165, 1.54) is 0 Å².